The largest absolute Gasteiger partial charge is 0.492 e. The van der Waals surface area contributed by atoms with Gasteiger partial charge in [-0.15, -0.1) is 0 Å². The lowest BCUT2D eigenvalue weighted by molar-refractivity contribution is -0.143. The van der Waals surface area contributed by atoms with E-state index in [2.05, 4.69) is 15.2 Å². The van der Waals surface area contributed by atoms with Gasteiger partial charge < -0.3 is 19.8 Å². The molecule has 0 bridgehead atoms. The lowest BCUT2D eigenvalue weighted by Gasteiger charge is -2.34. The second-order valence-corrected chi connectivity index (χ2v) is 9.87. The van der Waals surface area contributed by atoms with Gasteiger partial charge in [-0.25, -0.2) is 0 Å². The number of rotatable bonds is 5. The normalized spacial score (nSPS) is 18.2. The molecule has 2 aliphatic rings. The summed E-state index contributed by atoms with van der Waals surface area (Å²) in [6, 6.07) is 5.90. The second-order valence-electron chi connectivity index (χ2n) is 8.89. The van der Waals surface area contributed by atoms with Crippen LogP contribution in [0.2, 0.25) is 0 Å². The summed E-state index contributed by atoms with van der Waals surface area (Å²) in [6.07, 6.45) is -9.01. The first kappa shape index (κ1) is 27.1. The van der Waals surface area contributed by atoms with Crippen LogP contribution in [0.1, 0.15) is 27.1 Å². The maximum absolute atomic E-state index is 14.0. The third-order valence-corrected chi connectivity index (χ3v) is 7.55. The fourth-order valence-corrected chi connectivity index (χ4v) is 5.57. The molecule has 1 fully saturated rings. The van der Waals surface area contributed by atoms with E-state index in [1.165, 1.54) is 6.21 Å². The summed E-state index contributed by atoms with van der Waals surface area (Å²) < 4.78 is 86.9. The molecule has 0 amide bonds. The Hall–Kier alpha value is -3.49. The van der Waals surface area contributed by atoms with Gasteiger partial charge in [0, 0.05) is 18.5 Å². The van der Waals surface area contributed by atoms with Crippen LogP contribution >= 0.6 is 11.3 Å². The average molecular weight is 571 g/mol. The molecule has 2 aliphatic heterocycles. The summed E-state index contributed by atoms with van der Waals surface area (Å²) in [4.78, 5) is 6.09. The van der Waals surface area contributed by atoms with Crippen LogP contribution in [0.4, 0.5) is 31.5 Å². The molecular formula is C25H20F6N4O3S. The fraction of sp³-hybridized carbons (Fsp3) is 0.320. The molecule has 1 saturated heterocycles. The van der Waals surface area contributed by atoms with Crippen molar-refractivity contribution >= 4 is 28.3 Å². The molecule has 3 heterocycles. The van der Waals surface area contributed by atoms with Crippen molar-refractivity contribution in [1.82, 2.24) is 4.98 Å². The van der Waals surface area contributed by atoms with Crippen molar-refractivity contribution in [3.8, 4) is 5.88 Å². The smallest absolute Gasteiger partial charge is 0.416 e. The van der Waals surface area contributed by atoms with Gasteiger partial charge in [-0.1, -0.05) is 23.5 Å². The Labute approximate surface area is 221 Å². The monoisotopic (exact) mass is 570 g/mol. The number of anilines is 1. The summed E-state index contributed by atoms with van der Waals surface area (Å²) in [7, 11) is 0. The van der Waals surface area contributed by atoms with E-state index in [9.17, 15) is 36.6 Å². The zero-order valence-corrected chi connectivity index (χ0v) is 20.7. The molecule has 0 unspecified atom stereocenters. The van der Waals surface area contributed by atoms with E-state index < -0.39 is 47.4 Å². The molecule has 1 aromatic heterocycles. The Kier molecular flexibility index (Phi) is 7.11. The number of aliphatic hydroxyl groups excluding tert-OH is 1. The molecule has 0 spiro atoms. The van der Waals surface area contributed by atoms with Gasteiger partial charge in [0.1, 0.15) is 0 Å². The number of alkyl halides is 6. The third kappa shape index (κ3) is 5.49. The summed E-state index contributed by atoms with van der Waals surface area (Å²) in [5, 5.41) is 29.6. The van der Waals surface area contributed by atoms with E-state index in [0.717, 1.165) is 17.4 Å². The van der Waals surface area contributed by atoms with E-state index in [4.69, 9.17) is 4.74 Å². The molecule has 14 heteroatoms. The first-order valence-corrected chi connectivity index (χ1v) is 12.4. The third-order valence-electron chi connectivity index (χ3n) is 6.40. The Balaban J connectivity index is 1.67. The van der Waals surface area contributed by atoms with E-state index in [1.54, 1.807) is 23.1 Å². The van der Waals surface area contributed by atoms with Crippen molar-refractivity contribution < 1.29 is 41.3 Å². The first-order valence-electron chi connectivity index (χ1n) is 11.6. The lowest BCUT2D eigenvalue weighted by atomic mass is 9.94. The second kappa shape index (κ2) is 10.2. The molecule has 2 aromatic carbocycles. The highest BCUT2D eigenvalue weighted by Gasteiger charge is 2.38. The minimum absolute atomic E-state index is 0.0960. The van der Waals surface area contributed by atoms with Crippen LogP contribution in [0, 0.1) is 0 Å². The molecule has 0 radical (unpaired) electrons. The maximum Gasteiger partial charge on any atom is 0.416 e. The van der Waals surface area contributed by atoms with E-state index >= 15 is 0 Å². The number of ether oxygens (including phenoxy) is 1. The molecule has 2 N–H and O–H groups in total. The highest BCUT2D eigenvalue weighted by atomic mass is 32.1. The SMILES string of the molecule is OC[C@H]1COCCN1c1nc(O)c(C(Cc2ccc(C(F)(F)F)cc2C(F)(F)F)=c2ccc3c(c2)C=NN=3)s1. The molecule has 3 aromatic rings. The number of thiazole rings is 1. The topological polar surface area (TPSA) is 90.5 Å². The van der Waals surface area contributed by atoms with Crippen molar-refractivity contribution in [3.05, 3.63) is 74.1 Å². The number of nitrogens with zero attached hydrogens (tertiary/aromatic N) is 4. The number of hydrogen-bond donors (Lipinski definition) is 2. The van der Waals surface area contributed by atoms with Gasteiger partial charge in [-0.3, -0.25) is 0 Å². The zero-order valence-electron chi connectivity index (χ0n) is 19.9. The number of aromatic nitrogens is 1. The molecule has 5 rings (SSSR count). The van der Waals surface area contributed by atoms with E-state index in [0.29, 0.717) is 40.5 Å². The number of aromatic hydroxyl groups is 1. The molecule has 1 atom stereocenters. The number of aliphatic hydroxyl groups is 1. The summed E-state index contributed by atoms with van der Waals surface area (Å²) in [5.41, 5.74) is -2.44. The Morgan fingerprint density at radius 1 is 1.08 bits per heavy atom. The van der Waals surface area contributed by atoms with Gasteiger partial charge in [0.2, 0.25) is 5.88 Å². The van der Waals surface area contributed by atoms with Gasteiger partial charge >= 0.3 is 12.4 Å². The van der Waals surface area contributed by atoms with Gasteiger partial charge in [0.15, 0.2) is 5.13 Å². The highest BCUT2D eigenvalue weighted by Crippen LogP contribution is 2.41. The van der Waals surface area contributed by atoms with Crippen molar-refractivity contribution in [2.75, 3.05) is 31.3 Å². The molecule has 206 valence electrons. The van der Waals surface area contributed by atoms with Crippen LogP contribution in [0.25, 0.3) is 5.57 Å². The van der Waals surface area contributed by atoms with Crippen LogP contribution in [0.3, 0.4) is 0 Å². The minimum Gasteiger partial charge on any atom is -0.492 e. The van der Waals surface area contributed by atoms with E-state index in [-0.39, 0.29) is 29.7 Å². The van der Waals surface area contributed by atoms with Crippen LogP contribution < -0.4 is 15.5 Å². The highest BCUT2D eigenvalue weighted by molar-refractivity contribution is 7.17. The Morgan fingerprint density at radius 3 is 2.59 bits per heavy atom. The van der Waals surface area contributed by atoms with Gasteiger partial charge in [0.05, 0.1) is 53.4 Å². The van der Waals surface area contributed by atoms with Crippen LogP contribution in [0.15, 0.2) is 46.6 Å². The van der Waals surface area contributed by atoms with Crippen molar-refractivity contribution in [2.45, 2.75) is 24.8 Å². The maximum atomic E-state index is 14.0. The molecule has 7 nitrogen and oxygen atoms in total. The summed E-state index contributed by atoms with van der Waals surface area (Å²) in [6.45, 7) is 0.676. The summed E-state index contributed by atoms with van der Waals surface area (Å²) >= 11 is 1.00. The van der Waals surface area contributed by atoms with Crippen LogP contribution in [-0.4, -0.2) is 53.8 Å². The number of halogens is 6. The number of hydrogen-bond acceptors (Lipinski definition) is 8. The van der Waals surface area contributed by atoms with Crippen LogP contribution in [-0.2, 0) is 23.5 Å². The standard InChI is InChI=1S/C25H20F6N4O3S/c26-24(27,28)16-3-1-14(19(9-16)25(29,30)31)8-18(13-2-4-20-15(7-13)10-32-34-20)21-22(37)33-23(39-21)35-5-6-38-12-17(35)11-36/h1-4,7,9-10,17,36-37H,5-6,8,11-12H2/t17-/m0/s1. The number of benzene rings is 2. The molecule has 0 saturated carbocycles. The number of morpholine rings is 1. The quantitative estimate of drug-likeness (QED) is 0.459. The van der Waals surface area contributed by atoms with Crippen LogP contribution in [0.5, 0.6) is 5.88 Å². The van der Waals surface area contributed by atoms with Crippen molar-refractivity contribution in [3.63, 3.8) is 0 Å². The molecule has 39 heavy (non-hydrogen) atoms. The average Bonchev–Trinajstić information content (AvgIpc) is 3.52. The lowest BCUT2D eigenvalue weighted by Crippen LogP contribution is -2.47. The fourth-order valence-electron chi connectivity index (χ4n) is 4.44. The number of fused-ring (bicyclic) bond motifs is 1. The predicted octanol–water partition coefficient (Wildman–Crippen LogP) is 3.49. The van der Waals surface area contributed by atoms with Crippen molar-refractivity contribution in [2.24, 2.45) is 10.2 Å². The molecular weight excluding hydrogens is 550 g/mol. The minimum atomic E-state index is -5.06. The van der Waals surface area contributed by atoms with Gasteiger partial charge in [0.25, 0.3) is 0 Å². The Bertz CT molecular complexity index is 1550. The Morgan fingerprint density at radius 2 is 1.87 bits per heavy atom. The van der Waals surface area contributed by atoms with E-state index in [1.807, 2.05) is 0 Å². The zero-order chi connectivity index (χ0) is 27.9. The van der Waals surface area contributed by atoms with Gasteiger partial charge in [-0.2, -0.15) is 41.5 Å². The van der Waals surface area contributed by atoms with Crippen molar-refractivity contribution in [1.29, 1.82) is 0 Å². The molecule has 0 aliphatic carbocycles. The predicted molar refractivity (Wildman–Crippen MR) is 130 cm³/mol. The summed E-state index contributed by atoms with van der Waals surface area (Å²) in [5.74, 6) is -0.451. The van der Waals surface area contributed by atoms with Gasteiger partial charge in [-0.05, 0) is 40.6 Å². The first-order chi connectivity index (χ1) is 18.5.